The molecule has 0 saturated heterocycles. The van der Waals surface area contributed by atoms with Gasteiger partial charge in [0, 0.05) is 29.5 Å². The Kier molecular flexibility index (Phi) is 3.66. The summed E-state index contributed by atoms with van der Waals surface area (Å²) < 4.78 is 1.86. The summed E-state index contributed by atoms with van der Waals surface area (Å²) in [6.45, 7) is 0. The molecular weight excluding hydrogens is 259 g/mol. The second kappa shape index (κ2) is 5.21. The van der Waals surface area contributed by atoms with Gasteiger partial charge in [0.1, 0.15) is 0 Å². The van der Waals surface area contributed by atoms with Gasteiger partial charge in [-0.1, -0.05) is 23.2 Å². The fourth-order valence-electron chi connectivity index (χ4n) is 1.28. The molecule has 0 amide bonds. The van der Waals surface area contributed by atoms with Crippen LogP contribution in [0.3, 0.4) is 0 Å². The summed E-state index contributed by atoms with van der Waals surface area (Å²) >= 11 is 11.7. The molecule has 0 aliphatic rings. The summed E-state index contributed by atoms with van der Waals surface area (Å²) in [6.07, 6.45) is 5.17. The highest BCUT2D eigenvalue weighted by Gasteiger charge is 1.97. The third-order valence-electron chi connectivity index (χ3n) is 2.09. The lowest BCUT2D eigenvalue weighted by atomic mass is 10.3. The molecule has 0 bridgehead atoms. The standard InChI is InChI=1S/C11H10Cl2N4/c1-17-3-2-14-11(17)7-15-16-10-5-8(12)4-9(13)6-10/h2-7,16H,1H3/b15-7+. The highest BCUT2D eigenvalue weighted by Crippen LogP contribution is 2.22. The third-order valence-corrected chi connectivity index (χ3v) is 2.53. The van der Waals surface area contributed by atoms with Crippen molar-refractivity contribution in [3.63, 3.8) is 0 Å². The molecule has 2 aromatic rings. The van der Waals surface area contributed by atoms with E-state index in [1.807, 2.05) is 17.8 Å². The second-order valence-corrected chi connectivity index (χ2v) is 4.30. The zero-order valence-electron chi connectivity index (χ0n) is 9.06. The van der Waals surface area contributed by atoms with E-state index >= 15 is 0 Å². The molecule has 17 heavy (non-hydrogen) atoms. The molecule has 1 aromatic carbocycles. The van der Waals surface area contributed by atoms with Crippen molar-refractivity contribution in [1.29, 1.82) is 0 Å². The smallest absolute Gasteiger partial charge is 0.152 e. The molecule has 2 rings (SSSR count). The molecule has 0 saturated carbocycles. The van der Waals surface area contributed by atoms with Crippen LogP contribution in [0, 0.1) is 0 Å². The number of benzene rings is 1. The van der Waals surface area contributed by atoms with Gasteiger partial charge in [0.25, 0.3) is 0 Å². The molecule has 0 radical (unpaired) electrons. The summed E-state index contributed by atoms with van der Waals surface area (Å²) in [5, 5.41) is 5.18. The number of hydrazone groups is 1. The van der Waals surface area contributed by atoms with E-state index in [0.717, 1.165) is 11.5 Å². The maximum atomic E-state index is 5.86. The topological polar surface area (TPSA) is 42.2 Å². The minimum Gasteiger partial charge on any atom is -0.333 e. The van der Waals surface area contributed by atoms with Crippen LogP contribution in [0.5, 0.6) is 0 Å². The number of nitrogens with one attached hydrogen (secondary N) is 1. The van der Waals surface area contributed by atoms with Gasteiger partial charge in [0.15, 0.2) is 5.82 Å². The Hall–Kier alpha value is -1.52. The average Bonchev–Trinajstić information content (AvgIpc) is 2.63. The molecule has 0 unspecified atom stereocenters. The van der Waals surface area contributed by atoms with Crippen molar-refractivity contribution < 1.29 is 0 Å². The Morgan fingerprint density at radius 2 is 2.00 bits per heavy atom. The molecule has 88 valence electrons. The van der Waals surface area contributed by atoms with Crippen LogP contribution in [0.25, 0.3) is 0 Å². The number of hydrogen-bond donors (Lipinski definition) is 1. The fourth-order valence-corrected chi connectivity index (χ4v) is 1.81. The van der Waals surface area contributed by atoms with E-state index in [9.17, 15) is 0 Å². The van der Waals surface area contributed by atoms with E-state index in [1.165, 1.54) is 0 Å². The molecule has 0 atom stereocenters. The lowest BCUT2D eigenvalue weighted by molar-refractivity contribution is 0.901. The summed E-state index contributed by atoms with van der Waals surface area (Å²) in [7, 11) is 1.89. The molecule has 0 spiro atoms. The highest BCUT2D eigenvalue weighted by molar-refractivity contribution is 6.35. The normalized spacial score (nSPS) is 11.0. The molecule has 4 nitrogen and oxygen atoms in total. The quantitative estimate of drug-likeness (QED) is 0.686. The molecule has 0 fully saturated rings. The molecule has 1 aromatic heterocycles. The Labute approximate surface area is 109 Å². The molecule has 6 heteroatoms. The summed E-state index contributed by atoms with van der Waals surface area (Å²) in [6, 6.07) is 5.14. The van der Waals surface area contributed by atoms with Crippen LogP contribution in [-0.2, 0) is 7.05 Å². The van der Waals surface area contributed by atoms with Crippen LogP contribution in [-0.4, -0.2) is 15.8 Å². The predicted octanol–water partition coefficient (Wildman–Crippen LogP) is 3.17. The van der Waals surface area contributed by atoms with Gasteiger partial charge in [0.05, 0.1) is 11.9 Å². The fraction of sp³-hybridized carbons (Fsp3) is 0.0909. The Morgan fingerprint density at radius 3 is 2.59 bits per heavy atom. The van der Waals surface area contributed by atoms with Crippen LogP contribution < -0.4 is 5.43 Å². The molecule has 0 aliphatic carbocycles. The Morgan fingerprint density at radius 1 is 1.29 bits per heavy atom. The number of halogens is 2. The van der Waals surface area contributed by atoms with Crippen molar-refractivity contribution in [3.8, 4) is 0 Å². The van der Waals surface area contributed by atoms with Crippen molar-refractivity contribution in [2.75, 3.05) is 5.43 Å². The maximum Gasteiger partial charge on any atom is 0.152 e. The van der Waals surface area contributed by atoms with E-state index in [0.29, 0.717) is 10.0 Å². The number of hydrogen-bond acceptors (Lipinski definition) is 3. The summed E-state index contributed by atoms with van der Waals surface area (Å²) in [4.78, 5) is 4.10. The van der Waals surface area contributed by atoms with Crippen molar-refractivity contribution in [2.45, 2.75) is 0 Å². The highest BCUT2D eigenvalue weighted by atomic mass is 35.5. The van der Waals surface area contributed by atoms with Crippen LogP contribution in [0.15, 0.2) is 35.7 Å². The number of imidazole rings is 1. The molecule has 1 heterocycles. The molecular formula is C11H10Cl2N4. The second-order valence-electron chi connectivity index (χ2n) is 3.42. The van der Waals surface area contributed by atoms with Gasteiger partial charge in [-0.3, -0.25) is 5.43 Å². The van der Waals surface area contributed by atoms with Crippen molar-refractivity contribution in [1.82, 2.24) is 9.55 Å². The summed E-state index contributed by atoms with van der Waals surface area (Å²) in [5.74, 6) is 0.755. The molecule has 1 N–H and O–H groups in total. The van der Waals surface area contributed by atoms with Gasteiger partial charge >= 0.3 is 0 Å². The van der Waals surface area contributed by atoms with Crippen LogP contribution in [0.1, 0.15) is 5.82 Å². The van der Waals surface area contributed by atoms with E-state index in [-0.39, 0.29) is 0 Å². The first-order valence-corrected chi connectivity index (χ1v) is 5.63. The van der Waals surface area contributed by atoms with Crippen molar-refractivity contribution in [2.24, 2.45) is 12.1 Å². The van der Waals surface area contributed by atoms with Crippen LogP contribution in [0.2, 0.25) is 10.0 Å². The largest absolute Gasteiger partial charge is 0.333 e. The first kappa shape index (κ1) is 12.0. The first-order valence-electron chi connectivity index (χ1n) is 4.87. The number of aryl methyl sites for hydroxylation is 1. The average molecular weight is 269 g/mol. The lowest BCUT2D eigenvalue weighted by Crippen LogP contribution is -1.97. The van der Waals surface area contributed by atoms with Gasteiger partial charge in [-0.2, -0.15) is 5.10 Å². The van der Waals surface area contributed by atoms with Gasteiger partial charge in [-0.25, -0.2) is 4.98 Å². The SMILES string of the molecule is Cn1ccnc1/C=N/Nc1cc(Cl)cc(Cl)c1. The van der Waals surface area contributed by atoms with Crippen LogP contribution >= 0.6 is 23.2 Å². The van der Waals surface area contributed by atoms with Gasteiger partial charge < -0.3 is 4.57 Å². The zero-order chi connectivity index (χ0) is 12.3. The Balaban J connectivity index is 2.07. The van der Waals surface area contributed by atoms with Crippen molar-refractivity contribution in [3.05, 3.63) is 46.5 Å². The zero-order valence-corrected chi connectivity index (χ0v) is 10.6. The maximum absolute atomic E-state index is 5.86. The van der Waals surface area contributed by atoms with E-state index in [4.69, 9.17) is 23.2 Å². The Bertz CT molecular complexity index is 528. The summed E-state index contributed by atoms with van der Waals surface area (Å²) in [5.41, 5.74) is 3.57. The third kappa shape index (κ3) is 3.22. The van der Waals surface area contributed by atoms with Gasteiger partial charge in [-0.15, -0.1) is 0 Å². The minimum atomic E-state index is 0.562. The lowest BCUT2D eigenvalue weighted by Gasteiger charge is -2.01. The van der Waals surface area contributed by atoms with Crippen molar-refractivity contribution >= 4 is 35.1 Å². The minimum absolute atomic E-state index is 0.562. The number of rotatable bonds is 3. The van der Waals surface area contributed by atoms with Gasteiger partial charge in [0.2, 0.25) is 0 Å². The first-order chi connectivity index (χ1) is 8.15. The van der Waals surface area contributed by atoms with Crippen LogP contribution in [0.4, 0.5) is 5.69 Å². The number of anilines is 1. The van der Waals surface area contributed by atoms with E-state index in [1.54, 1.807) is 30.6 Å². The monoisotopic (exact) mass is 268 g/mol. The number of aromatic nitrogens is 2. The molecule has 0 aliphatic heterocycles. The van der Waals surface area contributed by atoms with Gasteiger partial charge in [-0.05, 0) is 18.2 Å². The van der Waals surface area contributed by atoms with E-state index in [2.05, 4.69) is 15.5 Å². The van der Waals surface area contributed by atoms with E-state index < -0.39 is 0 Å². The number of nitrogens with zero attached hydrogens (tertiary/aromatic N) is 3. The predicted molar refractivity (Wildman–Crippen MR) is 70.9 cm³/mol.